The summed E-state index contributed by atoms with van der Waals surface area (Å²) in [5, 5.41) is 7.17. The first kappa shape index (κ1) is 14.0. The molecule has 0 spiro atoms. The zero-order valence-corrected chi connectivity index (χ0v) is 11.6. The molecule has 0 aromatic carbocycles. The highest BCUT2D eigenvalue weighted by molar-refractivity contribution is 4.82. The van der Waals surface area contributed by atoms with Crippen LogP contribution in [-0.2, 0) is 0 Å². The van der Waals surface area contributed by atoms with Crippen LogP contribution in [0.1, 0.15) is 59.8 Å². The van der Waals surface area contributed by atoms with Crippen molar-refractivity contribution in [3.05, 3.63) is 0 Å². The first-order valence-corrected chi connectivity index (χ1v) is 6.99. The van der Waals surface area contributed by atoms with Crippen molar-refractivity contribution in [2.24, 2.45) is 5.41 Å². The number of rotatable bonds is 6. The topological polar surface area (TPSA) is 24.1 Å². The van der Waals surface area contributed by atoms with E-state index >= 15 is 0 Å². The second-order valence-corrected chi connectivity index (χ2v) is 6.22. The Hall–Kier alpha value is -0.0800. The maximum absolute atomic E-state index is 3.69. The van der Waals surface area contributed by atoms with Crippen LogP contribution in [0.25, 0.3) is 0 Å². The minimum Gasteiger partial charge on any atom is -0.313 e. The molecule has 1 saturated carbocycles. The highest BCUT2D eigenvalue weighted by atomic mass is 15.0. The van der Waals surface area contributed by atoms with Gasteiger partial charge >= 0.3 is 0 Å². The molecule has 0 heterocycles. The summed E-state index contributed by atoms with van der Waals surface area (Å²) in [6.07, 6.45) is 7.11. The van der Waals surface area contributed by atoms with Gasteiger partial charge in [-0.3, -0.25) is 0 Å². The molecule has 0 saturated heterocycles. The van der Waals surface area contributed by atoms with Gasteiger partial charge in [-0.1, -0.05) is 40.0 Å². The Balaban J connectivity index is 2.17. The molecule has 0 aromatic heterocycles. The molecule has 0 aromatic rings. The van der Waals surface area contributed by atoms with Gasteiger partial charge < -0.3 is 10.6 Å². The van der Waals surface area contributed by atoms with E-state index in [0.717, 1.165) is 6.54 Å². The van der Waals surface area contributed by atoms with Crippen molar-refractivity contribution in [1.29, 1.82) is 0 Å². The van der Waals surface area contributed by atoms with E-state index in [1.165, 1.54) is 38.6 Å². The fourth-order valence-electron chi connectivity index (χ4n) is 2.49. The van der Waals surface area contributed by atoms with Gasteiger partial charge in [-0.05, 0) is 25.2 Å². The van der Waals surface area contributed by atoms with Crippen LogP contribution in [0.15, 0.2) is 0 Å². The summed E-state index contributed by atoms with van der Waals surface area (Å²) in [5.41, 5.74) is 0.560. The lowest BCUT2D eigenvalue weighted by molar-refractivity contribution is 0.201. The summed E-state index contributed by atoms with van der Waals surface area (Å²) in [5.74, 6) is 0. The second-order valence-electron chi connectivity index (χ2n) is 6.22. The maximum atomic E-state index is 3.69. The molecular formula is C14H30N2. The highest BCUT2D eigenvalue weighted by Crippen LogP contribution is 2.34. The van der Waals surface area contributed by atoms with E-state index < -0.39 is 0 Å². The molecule has 2 N–H and O–H groups in total. The fourth-order valence-corrected chi connectivity index (χ4v) is 2.49. The third kappa shape index (κ3) is 5.31. The SMILES string of the molecule is CC(C)NCC(C)NCC1(C)CCCCC1. The van der Waals surface area contributed by atoms with E-state index in [4.69, 9.17) is 0 Å². The van der Waals surface area contributed by atoms with Crippen LogP contribution in [0.5, 0.6) is 0 Å². The predicted octanol–water partition coefficient (Wildman–Crippen LogP) is 2.93. The molecule has 96 valence electrons. The van der Waals surface area contributed by atoms with E-state index in [9.17, 15) is 0 Å². The van der Waals surface area contributed by atoms with Crippen LogP contribution < -0.4 is 10.6 Å². The molecule has 1 rings (SSSR count). The van der Waals surface area contributed by atoms with E-state index in [0.29, 0.717) is 17.5 Å². The number of hydrogen-bond donors (Lipinski definition) is 2. The average molecular weight is 226 g/mol. The van der Waals surface area contributed by atoms with Gasteiger partial charge in [-0.25, -0.2) is 0 Å². The quantitative estimate of drug-likeness (QED) is 0.727. The van der Waals surface area contributed by atoms with Crippen LogP contribution in [0.3, 0.4) is 0 Å². The molecule has 1 aliphatic rings. The van der Waals surface area contributed by atoms with Crippen molar-refractivity contribution >= 4 is 0 Å². The summed E-state index contributed by atoms with van der Waals surface area (Å²) in [6, 6.07) is 1.18. The van der Waals surface area contributed by atoms with Gasteiger partial charge in [-0.15, -0.1) is 0 Å². The maximum Gasteiger partial charge on any atom is 0.0164 e. The van der Waals surface area contributed by atoms with Crippen LogP contribution in [0.2, 0.25) is 0 Å². The van der Waals surface area contributed by atoms with E-state index in [1.807, 2.05) is 0 Å². The summed E-state index contributed by atoms with van der Waals surface area (Å²) < 4.78 is 0. The Morgan fingerprint density at radius 2 is 1.62 bits per heavy atom. The Kier molecular flexibility index (Phi) is 5.77. The van der Waals surface area contributed by atoms with Gasteiger partial charge in [0.05, 0.1) is 0 Å². The Labute approximate surface area is 102 Å². The lowest BCUT2D eigenvalue weighted by Crippen LogP contribution is -2.43. The minimum absolute atomic E-state index is 0.560. The third-order valence-corrected chi connectivity index (χ3v) is 3.77. The fraction of sp³-hybridized carbons (Fsp3) is 1.00. The Morgan fingerprint density at radius 1 is 1.00 bits per heavy atom. The highest BCUT2D eigenvalue weighted by Gasteiger charge is 2.26. The van der Waals surface area contributed by atoms with E-state index in [-0.39, 0.29) is 0 Å². The summed E-state index contributed by atoms with van der Waals surface area (Å²) in [4.78, 5) is 0. The lowest BCUT2D eigenvalue weighted by Gasteiger charge is -2.35. The van der Waals surface area contributed by atoms with Gasteiger partial charge in [0.1, 0.15) is 0 Å². The Morgan fingerprint density at radius 3 is 2.19 bits per heavy atom. The monoisotopic (exact) mass is 226 g/mol. The summed E-state index contributed by atoms with van der Waals surface area (Å²) in [7, 11) is 0. The molecule has 1 atom stereocenters. The molecule has 1 unspecified atom stereocenters. The van der Waals surface area contributed by atoms with Gasteiger partial charge in [0.15, 0.2) is 0 Å². The largest absolute Gasteiger partial charge is 0.313 e. The Bertz CT molecular complexity index is 183. The van der Waals surface area contributed by atoms with Gasteiger partial charge in [0, 0.05) is 25.2 Å². The van der Waals surface area contributed by atoms with Gasteiger partial charge in [-0.2, -0.15) is 0 Å². The van der Waals surface area contributed by atoms with Crippen LogP contribution in [-0.4, -0.2) is 25.2 Å². The third-order valence-electron chi connectivity index (χ3n) is 3.77. The van der Waals surface area contributed by atoms with Crippen LogP contribution in [0.4, 0.5) is 0 Å². The molecule has 2 nitrogen and oxygen atoms in total. The standard InChI is InChI=1S/C14H30N2/c1-12(2)15-10-13(3)16-11-14(4)8-6-5-7-9-14/h12-13,15-16H,5-11H2,1-4H3. The summed E-state index contributed by atoms with van der Waals surface area (Å²) in [6.45, 7) is 11.4. The van der Waals surface area contributed by atoms with Crippen molar-refractivity contribution < 1.29 is 0 Å². The molecule has 0 aliphatic heterocycles. The minimum atomic E-state index is 0.560. The summed E-state index contributed by atoms with van der Waals surface area (Å²) >= 11 is 0. The predicted molar refractivity (Wildman–Crippen MR) is 71.8 cm³/mol. The van der Waals surface area contributed by atoms with Crippen molar-refractivity contribution in [3.63, 3.8) is 0 Å². The first-order chi connectivity index (χ1) is 7.52. The zero-order chi connectivity index (χ0) is 12.0. The molecule has 1 fully saturated rings. The van der Waals surface area contributed by atoms with Crippen molar-refractivity contribution in [2.45, 2.75) is 71.9 Å². The molecule has 16 heavy (non-hydrogen) atoms. The van der Waals surface area contributed by atoms with Crippen LogP contribution in [0, 0.1) is 5.41 Å². The molecule has 2 heteroatoms. The molecular weight excluding hydrogens is 196 g/mol. The van der Waals surface area contributed by atoms with Crippen molar-refractivity contribution in [1.82, 2.24) is 10.6 Å². The van der Waals surface area contributed by atoms with Crippen molar-refractivity contribution in [2.75, 3.05) is 13.1 Å². The van der Waals surface area contributed by atoms with E-state index in [2.05, 4.69) is 38.3 Å². The van der Waals surface area contributed by atoms with E-state index in [1.54, 1.807) is 0 Å². The van der Waals surface area contributed by atoms with Gasteiger partial charge in [0.2, 0.25) is 0 Å². The van der Waals surface area contributed by atoms with Crippen molar-refractivity contribution in [3.8, 4) is 0 Å². The lowest BCUT2D eigenvalue weighted by atomic mass is 9.75. The second kappa shape index (κ2) is 6.61. The molecule has 0 amide bonds. The van der Waals surface area contributed by atoms with Crippen LogP contribution >= 0.6 is 0 Å². The number of nitrogens with one attached hydrogen (secondary N) is 2. The normalized spacial score (nSPS) is 22.3. The first-order valence-electron chi connectivity index (χ1n) is 6.99. The average Bonchev–Trinajstić information content (AvgIpc) is 2.25. The zero-order valence-electron chi connectivity index (χ0n) is 11.6. The molecule has 0 bridgehead atoms. The van der Waals surface area contributed by atoms with Gasteiger partial charge in [0.25, 0.3) is 0 Å². The molecule has 1 aliphatic carbocycles. The smallest absolute Gasteiger partial charge is 0.0164 e. The number of hydrogen-bond acceptors (Lipinski definition) is 2. The molecule has 0 radical (unpaired) electrons.